The summed E-state index contributed by atoms with van der Waals surface area (Å²) in [5, 5.41) is 5.40. The summed E-state index contributed by atoms with van der Waals surface area (Å²) in [6.45, 7) is 1.13. The van der Waals surface area contributed by atoms with Crippen LogP contribution in [0.5, 0.6) is 0 Å². The number of rotatable bonds is 1. The van der Waals surface area contributed by atoms with Crippen LogP contribution in [-0.2, 0) is 9.59 Å². The van der Waals surface area contributed by atoms with Crippen molar-refractivity contribution in [1.29, 1.82) is 0 Å². The van der Waals surface area contributed by atoms with E-state index in [1.54, 1.807) is 23.4 Å². The van der Waals surface area contributed by atoms with Crippen molar-refractivity contribution < 1.29 is 9.59 Å². The first kappa shape index (κ1) is 11.6. The highest BCUT2D eigenvalue weighted by molar-refractivity contribution is 6.05. The van der Waals surface area contributed by atoms with Crippen LogP contribution in [0.1, 0.15) is 6.42 Å². The third kappa shape index (κ3) is 2.24. The molecular weight excluding hydrogens is 248 g/mol. The Hall–Kier alpha value is -2.51. The molecule has 0 radical (unpaired) electrons. The quantitative estimate of drug-likeness (QED) is 0.659. The molecule has 2 aliphatic rings. The van der Waals surface area contributed by atoms with Crippen molar-refractivity contribution >= 4 is 23.7 Å². The van der Waals surface area contributed by atoms with Crippen molar-refractivity contribution in [3.8, 4) is 0 Å². The Balaban J connectivity index is 1.93. The molecule has 2 saturated heterocycles. The summed E-state index contributed by atoms with van der Waals surface area (Å²) in [4.78, 5) is 37.3. The molecule has 0 saturated carbocycles. The second kappa shape index (κ2) is 4.63. The van der Waals surface area contributed by atoms with Crippen molar-refractivity contribution in [3.05, 3.63) is 18.5 Å². The number of fused-ring (bicyclic) bond motifs is 1. The number of aromatic nitrogens is 2. The lowest BCUT2D eigenvalue weighted by molar-refractivity contribution is -0.133. The van der Waals surface area contributed by atoms with Gasteiger partial charge in [0.25, 0.3) is 5.95 Å². The summed E-state index contributed by atoms with van der Waals surface area (Å²) < 4.78 is 0. The van der Waals surface area contributed by atoms with Crippen LogP contribution in [0, 0.1) is 0 Å². The van der Waals surface area contributed by atoms with E-state index in [4.69, 9.17) is 0 Å². The van der Waals surface area contributed by atoms with Gasteiger partial charge in [-0.3, -0.25) is 14.9 Å². The smallest absolute Gasteiger partial charge is 0.252 e. The molecule has 0 aliphatic carbocycles. The first-order valence-electron chi connectivity index (χ1n) is 5.94. The van der Waals surface area contributed by atoms with E-state index in [-0.39, 0.29) is 24.2 Å². The zero-order valence-corrected chi connectivity index (χ0v) is 10.0. The molecule has 2 aliphatic heterocycles. The molecule has 2 amide bonds. The molecule has 19 heavy (non-hydrogen) atoms. The number of piperazine rings is 1. The summed E-state index contributed by atoms with van der Waals surface area (Å²) in [6, 6.07) is 1.19. The van der Waals surface area contributed by atoms with E-state index in [0.717, 1.165) is 0 Å². The first-order valence-corrected chi connectivity index (χ1v) is 5.94. The summed E-state index contributed by atoms with van der Waals surface area (Å²) in [6.07, 6.45) is 3.27. The number of guanidine groups is 1. The number of carbonyl (C=O) groups is 2. The van der Waals surface area contributed by atoms with E-state index < -0.39 is 6.04 Å². The summed E-state index contributed by atoms with van der Waals surface area (Å²) in [5.74, 6) is 0.211. The number of carbonyl (C=O) groups excluding carboxylic acids is 2. The Bertz CT molecular complexity index is 543. The predicted octanol–water partition coefficient (Wildman–Crippen LogP) is -1.22. The lowest BCUT2D eigenvalue weighted by Gasteiger charge is -2.39. The van der Waals surface area contributed by atoms with Crippen molar-refractivity contribution in [2.45, 2.75) is 12.5 Å². The maximum absolute atomic E-state index is 11.8. The van der Waals surface area contributed by atoms with Crippen molar-refractivity contribution in [2.24, 2.45) is 4.99 Å². The second-order valence-electron chi connectivity index (χ2n) is 4.24. The fourth-order valence-electron chi connectivity index (χ4n) is 2.13. The van der Waals surface area contributed by atoms with Gasteiger partial charge in [0.05, 0.1) is 6.42 Å². The van der Waals surface area contributed by atoms with Crippen LogP contribution in [0.2, 0.25) is 0 Å². The molecule has 1 atom stereocenters. The minimum atomic E-state index is -0.495. The van der Waals surface area contributed by atoms with Gasteiger partial charge in [0.1, 0.15) is 6.04 Å². The van der Waals surface area contributed by atoms with E-state index in [1.807, 2.05) is 0 Å². The van der Waals surface area contributed by atoms with Crippen LogP contribution >= 0.6 is 0 Å². The van der Waals surface area contributed by atoms with Crippen LogP contribution in [-0.4, -0.2) is 51.8 Å². The average Bonchev–Trinajstić information content (AvgIpc) is 2.41. The van der Waals surface area contributed by atoms with Crippen molar-refractivity contribution in [1.82, 2.24) is 25.5 Å². The number of nitrogens with zero attached hydrogens (tertiary/aromatic N) is 4. The number of amides is 2. The van der Waals surface area contributed by atoms with Gasteiger partial charge in [-0.05, 0) is 6.07 Å². The molecule has 2 fully saturated rings. The van der Waals surface area contributed by atoms with E-state index >= 15 is 0 Å². The Labute approximate surface area is 108 Å². The predicted molar refractivity (Wildman–Crippen MR) is 65.4 cm³/mol. The van der Waals surface area contributed by atoms with Gasteiger partial charge in [-0.2, -0.15) is 4.99 Å². The van der Waals surface area contributed by atoms with Crippen LogP contribution in [0.3, 0.4) is 0 Å². The standard InChI is InChI=1S/C11H12N6O2/c18-8-6-7-9(19)12-4-5-17(7)11(15-8)16-10-13-2-1-3-14-10/h1-3,7H,4-6H2,(H,12,19)(H,13,14,15,16,18)/t7-/m1/s1. The first-order chi connectivity index (χ1) is 9.24. The highest BCUT2D eigenvalue weighted by Crippen LogP contribution is 2.15. The molecule has 2 N–H and O–H groups in total. The topological polar surface area (TPSA) is 99.6 Å². The third-order valence-electron chi connectivity index (χ3n) is 2.99. The average molecular weight is 260 g/mol. The maximum Gasteiger partial charge on any atom is 0.252 e. The Morgan fingerprint density at radius 1 is 1.32 bits per heavy atom. The van der Waals surface area contributed by atoms with Crippen LogP contribution in [0.4, 0.5) is 5.95 Å². The SMILES string of the molecule is O=C1C[C@@H]2C(=O)NCCN2C(=Nc2ncccn2)N1. The van der Waals surface area contributed by atoms with E-state index in [9.17, 15) is 9.59 Å². The second-order valence-corrected chi connectivity index (χ2v) is 4.24. The largest absolute Gasteiger partial charge is 0.353 e. The molecule has 1 aromatic heterocycles. The normalized spacial score (nSPS) is 24.7. The van der Waals surface area contributed by atoms with E-state index in [2.05, 4.69) is 25.6 Å². The monoisotopic (exact) mass is 260 g/mol. The highest BCUT2D eigenvalue weighted by Gasteiger charge is 2.38. The molecule has 0 aromatic carbocycles. The highest BCUT2D eigenvalue weighted by atomic mass is 16.2. The van der Waals surface area contributed by atoms with Gasteiger partial charge in [0.15, 0.2) is 0 Å². The van der Waals surface area contributed by atoms with Crippen LogP contribution in [0.15, 0.2) is 23.5 Å². The molecule has 98 valence electrons. The zero-order valence-electron chi connectivity index (χ0n) is 10.0. The molecule has 0 bridgehead atoms. The number of aliphatic imine (C=N–C) groups is 1. The maximum atomic E-state index is 11.8. The third-order valence-corrected chi connectivity index (χ3v) is 2.99. The molecule has 0 spiro atoms. The molecule has 8 nitrogen and oxygen atoms in total. The van der Waals surface area contributed by atoms with Crippen LogP contribution < -0.4 is 10.6 Å². The van der Waals surface area contributed by atoms with Gasteiger partial charge in [-0.25, -0.2) is 9.97 Å². The molecule has 3 heterocycles. The minimum Gasteiger partial charge on any atom is -0.353 e. The Morgan fingerprint density at radius 2 is 2.11 bits per heavy atom. The molecule has 8 heteroatoms. The summed E-state index contributed by atoms with van der Waals surface area (Å²) >= 11 is 0. The van der Waals surface area contributed by atoms with Gasteiger partial charge < -0.3 is 10.2 Å². The van der Waals surface area contributed by atoms with Gasteiger partial charge in [-0.15, -0.1) is 0 Å². The van der Waals surface area contributed by atoms with Crippen molar-refractivity contribution in [3.63, 3.8) is 0 Å². The van der Waals surface area contributed by atoms with Gasteiger partial charge in [-0.1, -0.05) is 0 Å². The molecule has 1 aromatic rings. The van der Waals surface area contributed by atoms with Crippen LogP contribution in [0.25, 0.3) is 0 Å². The summed E-state index contributed by atoms with van der Waals surface area (Å²) in [5.41, 5.74) is 0. The number of nitrogens with one attached hydrogen (secondary N) is 2. The Kier molecular flexibility index (Phi) is 2.82. The fraction of sp³-hybridized carbons (Fsp3) is 0.364. The lowest BCUT2D eigenvalue weighted by atomic mass is 10.1. The lowest BCUT2D eigenvalue weighted by Crippen LogP contribution is -2.65. The minimum absolute atomic E-state index is 0.139. The van der Waals surface area contributed by atoms with Crippen molar-refractivity contribution in [2.75, 3.05) is 13.1 Å². The van der Waals surface area contributed by atoms with Gasteiger partial charge in [0, 0.05) is 25.5 Å². The van der Waals surface area contributed by atoms with E-state index in [0.29, 0.717) is 19.0 Å². The molecule has 3 rings (SSSR count). The Morgan fingerprint density at radius 3 is 2.89 bits per heavy atom. The molecule has 0 unspecified atom stereocenters. The number of hydrogen-bond donors (Lipinski definition) is 2. The van der Waals surface area contributed by atoms with E-state index in [1.165, 1.54) is 0 Å². The van der Waals surface area contributed by atoms with Gasteiger partial charge >= 0.3 is 0 Å². The summed E-state index contributed by atoms with van der Waals surface area (Å²) in [7, 11) is 0. The zero-order chi connectivity index (χ0) is 13.2. The molecular formula is C11H12N6O2. The van der Waals surface area contributed by atoms with Gasteiger partial charge in [0.2, 0.25) is 17.8 Å². The fourth-order valence-corrected chi connectivity index (χ4v) is 2.13. The number of hydrogen-bond acceptors (Lipinski definition) is 5.